The molecule has 0 aliphatic carbocycles. The third-order valence-corrected chi connectivity index (χ3v) is 4.01. The van der Waals surface area contributed by atoms with Crippen LogP contribution in [0.3, 0.4) is 0 Å². The molecule has 0 saturated heterocycles. The smallest absolute Gasteiger partial charge is 0.317 e. The number of carbonyl (C=O) groups is 2. The number of benzene rings is 1. The highest BCUT2D eigenvalue weighted by Gasteiger charge is 2.16. The van der Waals surface area contributed by atoms with Gasteiger partial charge in [0.05, 0.1) is 6.04 Å². The maximum Gasteiger partial charge on any atom is 0.317 e. The van der Waals surface area contributed by atoms with E-state index in [4.69, 9.17) is 0 Å². The topological polar surface area (TPSA) is 61.4 Å². The first kappa shape index (κ1) is 20.0. The molecule has 0 fully saturated rings. The van der Waals surface area contributed by atoms with Gasteiger partial charge in [0.1, 0.15) is 0 Å². The average molecular weight is 333 g/mol. The number of rotatable bonds is 6. The molecule has 2 N–H and O–H groups in total. The van der Waals surface area contributed by atoms with Crippen LogP contribution in [0.1, 0.15) is 58.2 Å². The molecule has 5 nitrogen and oxygen atoms in total. The van der Waals surface area contributed by atoms with Gasteiger partial charge in [0.2, 0.25) is 5.91 Å². The standard InChI is InChI=1S/C19H31N3O2/c1-14(16-8-10-17(11-9-16)19(3,4)5)21-18(24)22(6)13-7-12-20-15(2)23/h8-11,14H,7,12-13H2,1-6H3,(H,20,23)(H,21,24). The Labute approximate surface area is 145 Å². The summed E-state index contributed by atoms with van der Waals surface area (Å²) < 4.78 is 0. The summed E-state index contributed by atoms with van der Waals surface area (Å²) in [5, 5.41) is 5.73. The highest BCUT2D eigenvalue weighted by atomic mass is 16.2. The molecule has 0 heterocycles. The Morgan fingerprint density at radius 2 is 1.75 bits per heavy atom. The second-order valence-corrected chi connectivity index (χ2v) is 7.30. The molecule has 5 heteroatoms. The molecule has 1 rings (SSSR count). The summed E-state index contributed by atoms with van der Waals surface area (Å²) in [6.45, 7) is 11.2. The van der Waals surface area contributed by atoms with Crippen molar-refractivity contribution in [3.63, 3.8) is 0 Å². The quantitative estimate of drug-likeness (QED) is 0.785. The lowest BCUT2D eigenvalue weighted by Crippen LogP contribution is -2.39. The molecule has 0 spiro atoms. The van der Waals surface area contributed by atoms with Gasteiger partial charge < -0.3 is 15.5 Å². The van der Waals surface area contributed by atoms with Crippen LogP contribution in [-0.2, 0) is 10.2 Å². The zero-order valence-corrected chi connectivity index (χ0v) is 15.8. The number of nitrogens with one attached hydrogen (secondary N) is 2. The van der Waals surface area contributed by atoms with Crippen molar-refractivity contribution >= 4 is 11.9 Å². The first-order valence-corrected chi connectivity index (χ1v) is 8.47. The monoisotopic (exact) mass is 333 g/mol. The van der Waals surface area contributed by atoms with Crippen LogP contribution in [-0.4, -0.2) is 37.0 Å². The minimum absolute atomic E-state index is 0.0468. The lowest BCUT2D eigenvalue weighted by atomic mass is 9.86. The fourth-order valence-electron chi connectivity index (χ4n) is 2.33. The molecule has 0 aliphatic rings. The molecule has 24 heavy (non-hydrogen) atoms. The van der Waals surface area contributed by atoms with E-state index in [2.05, 4.69) is 55.7 Å². The zero-order chi connectivity index (χ0) is 18.3. The van der Waals surface area contributed by atoms with Crippen LogP contribution in [0.15, 0.2) is 24.3 Å². The van der Waals surface area contributed by atoms with E-state index in [1.165, 1.54) is 12.5 Å². The Bertz CT molecular complexity index is 547. The van der Waals surface area contributed by atoms with Crippen molar-refractivity contribution in [1.29, 1.82) is 0 Å². The second kappa shape index (κ2) is 8.71. The van der Waals surface area contributed by atoms with Gasteiger partial charge in [-0.05, 0) is 29.9 Å². The third-order valence-electron chi connectivity index (χ3n) is 4.01. The molecule has 0 saturated carbocycles. The highest BCUT2D eigenvalue weighted by molar-refractivity contribution is 5.74. The number of carbonyl (C=O) groups excluding carboxylic acids is 2. The maximum atomic E-state index is 12.2. The predicted octanol–water partition coefficient (Wildman–Crippen LogP) is 3.21. The van der Waals surface area contributed by atoms with Gasteiger partial charge in [0, 0.05) is 27.1 Å². The second-order valence-electron chi connectivity index (χ2n) is 7.30. The molecular weight excluding hydrogens is 302 g/mol. The number of hydrogen-bond acceptors (Lipinski definition) is 2. The number of hydrogen-bond donors (Lipinski definition) is 2. The van der Waals surface area contributed by atoms with Crippen molar-refractivity contribution in [3.8, 4) is 0 Å². The van der Waals surface area contributed by atoms with Crippen molar-refractivity contribution < 1.29 is 9.59 Å². The Morgan fingerprint density at radius 3 is 2.25 bits per heavy atom. The van der Waals surface area contributed by atoms with Gasteiger partial charge in [-0.15, -0.1) is 0 Å². The Balaban J connectivity index is 2.49. The van der Waals surface area contributed by atoms with Crippen LogP contribution >= 0.6 is 0 Å². The Morgan fingerprint density at radius 1 is 1.17 bits per heavy atom. The Hall–Kier alpha value is -2.04. The van der Waals surface area contributed by atoms with Crippen LogP contribution in [0.5, 0.6) is 0 Å². The molecule has 134 valence electrons. The lowest BCUT2D eigenvalue weighted by molar-refractivity contribution is -0.118. The first-order valence-electron chi connectivity index (χ1n) is 8.47. The molecule has 1 unspecified atom stereocenters. The number of urea groups is 1. The van der Waals surface area contributed by atoms with Gasteiger partial charge in [0.15, 0.2) is 0 Å². The molecule has 1 aromatic rings. The summed E-state index contributed by atoms with van der Waals surface area (Å²) >= 11 is 0. The maximum absolute atomic E-state index is 12.2. The normalized spacial score (nSPS) is 12.4. The van der Waals surface area contributed by atoms with Crippen molar-refractivity contribution in [1.82, 2.24) is 15.5 Å². The fraction of sp³-hybridized carbons (Fsp3) is 0.579. The summed E-state index contributed by atoms with van der Waals surface area (Å²) in [5.74, 6) is -0.0468. The van der Waals surface area contributed by atoms with E-state index in [1.54, 1.807) is 11.9 Å². The lowest BCUT2D eigenvalue weighted by Gasteiger charge is -2.23. The van der Waals surface area contributed by atoms with Crippen molar-refractivity contribution in [2.24, 2.45) is 0 Å². The van der Waals surface area contributed by atoms with E-state index in [9.17, 15) is 9.59 Å². The molecular formula is C19H31N3O2. The number of nitrogens with zero attached hydrogens (tertiary/aromatic N) is 1. The van der Waals surface area contributed by atoms with Crippen molar-refractivity contribution in [3.05, 3.63) is 35.4 Å². The molecule has 1 aromatic carbocycles. The highest BCUT2D eigenvalue weighted by Crippen LogP contribution is 2.23. The van der Waals surface area contributed by atoms with Gasteiger partial charge >= 0.3 is 6.03 Å². The van der Waals surface area contributed by atoms with Crippen LogP contribution in [0.2, 0.25) is 0 Å². The van der Waals surface area contributed by atoms with Gasteiger partial charge in [0.25, 0.3) is 0 Å². The summed E-state index contributed by atoms with van der Waals surface area (Å²) in [6.07, 6.45) is 0.734. The van der Waals surface area contributed by atoms with Gasteiger partial charge in [-0.2, -0.15) is 0 Å². The van der Waals surface area contributed by atoms with Crippen LogP contribution < -0.4 is 10.6 Å². The molecule has 0 aromatic heterocycles. The van der Waals surface area contributed by atoms with E-state index >= 15 is 0 Å². The van der Waals surface area contributed by atoms with Gasteiger partial charge in [-0.1, -0.05) is 45.0 Å². The molecule has 1 atom stereocenters. The fourth-order valence-corrected chi connectivity index (χ4v) is 2.33. The van der Waals surface area contributed by atoms with Crippen molar-refractivity contribution in [2.45, 2.75) is 52.5 Å². The Kier molecular flexibility index (Phi) is 7.26. The van der Waals surface area contributed by atoms with E-state index in [-0.39, 0.29) is 23.4 Å². The molecule has 0 radical (unpaired) electrons. The first-order chi connectivity index (χ1) is 11.1. The van der Waals surface area contributed by atoms with Gasteiger partial charge in [-0.3, -0.25) is 4.79 Å². The SMILES string of the molecule is CC(=O)NCCCN(C)C(=O)NC(C)c1ccc(C(C)(C)C)cc1. The molecule has 3 amide bonds. The minimum Gasteiger partial charge on any atom is -0.356 e. The summed E-state index contributed by atoms with van der Waals surface area (Å²) in [5.41, 5.74) is 2.49. The zero-order valence-electron chi connectivity index (χ0n) is 15.8. The number of amides is 3. The van der Waals surface area contributed by atoms with Crippen LogP contribution in [0.4, 0.5) is 4.79 Å². The molecule has 0 aliphatic heterocycles. The minimum atomic E-state index is -0.106. The molecule has 0 bridgehead atoms. The van der Waals surface area contributed by atoms with E-state index in [1.807, 2.05) is 6.92 Å². The van der Waals surface area contributed by atoms with Crippen LogP contribution in [0.25, 0.3) is 0 Å². The summed E-state index contributed by atoms with van der Waals surface area (Å²) in [4.78, 5) is 24.7. The third kappa shape index (κ3) is 6.60. The van der Waals surface area contributed by atoms with E-state index in [0.29, 0.717) is 13.1 Å². The summed E-state index contributed by atoms with van der Waals surface area (Å²) in [6, 6.07) is 8.23. The van der Waals surface area contributed by atoms with Crippen LogP contribution in [0, 0.1) is 0 Å². The summed E-state index contributed by atoms with van der Waals surface area (Å²) in [7, 11) is 1.76. The van der Waals surface area contributed by atoms with E-state index in [0.717, 1.165) is 12.0 Å². The van der Waals surface area contributed by atoms with E-state index < -0.39 is 0 Å². The predicted molar refractivity (Wildman–Crippen MR) is 98.0 cm³/mol. The largest absolute Gasteiger partial charge is 0.356 e. The van der Waals surface area contributed by atoms with Gasteiger partial charge in [-0.25, -0.2) is 4.79 Å². The van der Waals surface area contributed by atoms with Crippen molar-refractivity contribution in [2.75, 3.05) is 20.1 Å². The average Bonchev–Trinajstić information content (AvgIpc) is 2.50.